The summed E-state index contributed by atoms with van der Waals surface area (Å²) in [5.74, 6) is -2.18. The van der Waals surface area contributed by atoms with Crippen LogP contribution in [0.25, 0.3) is 0 Å². The summed E-state index contributed by atoms with van der Waals surface area (Å²) in [7, 11) is 1.30. The summed E-state index contributed by atoms with van der Waals surface area (Å²) in [6.07, 6.45) is 2.20. The highest BCUT2D eigenvalue weighted by atomic mass is 35.5. The van der Waals surface area contributed by atoms with Crippen molar-refractivity contribution in [1.29, 1.82) is 0 Å². The van der Waals surface area contributed by atoms with Gasteiger partial charge in [0.1, 0.15) is 23.0 Å². The maximum atomic E-state index is 14.3. The van der Waals surface area contributed by atoms with Gasteiger partial charge in [0.25, 0.3) is 5.88 Å². The Morgan fingerprint density at radius 1 is 1.09 bits per heavy atom. The molecule has 1 aliphatic heterocycles. The number of nitrogens with zero attached hydrogens (tertiary/aromatic N) is 4. The van der Waals surface area contributed by atoms with E-state index in [1.807, 2.05) is 0 Å². The van der Waals surface area contributed by atoms with E-state index in [1.54, 1.807) is 9.36 Å². The van der Waals surface area contributed by atoms with E-state index in [0.29, 0.717) is 34.3 Å². The van der Waals surface area contributed by atoms with Crippen LogP contribution in [0.1, 0.15) is 19.8 Å². The largest absolute Gasteiger partial charge is 0.479 e. The zero-order chi connectivity index (χ0) is 33.4. The standard InChI is InChI=1S/C15H15ClFN3O3S2.C14H11ClFNO4/c1-23-13(21)8-24-12-7-11(10(17)6-9(12)16)18-14-19-4-2-3-5-20(19)15(22)25-14;1-8(14(18)19)20-10-2-4-11(5-3-10)21-13-12(16)6-9(15)7-17-13/h6-7H,2-5,8H2,1H3;2-8H,1H3,(H,18,19)/b18-14-;/t;8-/m.1/s1. The summed E-state index contributed by atoms with van der Waals surface area (Å²) in [6.45, 7) is 2.74. The maximum Gasteiger partial charge on any atom is 0.344 e. The van der Waals surface area contributed by atoms with Crippen LogP contribution in [0.5, 0.6) is 17.4 Å². The van der Waals surface area contributed by atoms with Crippen LogP contribution in [0.2, 0.25) is 10.0 Å². The van der Waals surface area contributed by atoms with Crippen molar-refractivity contribution in [1.82, 2.24) is 14.3 Å². The Morgan fingerprint density at radius 2 is 1.76 bits per heavy atom. The second-order valence-electron chi connectivity index (χ2n) is 9.43. The normalized spacial score (nSPS) is 13.2. The first-order chi connectivity index (χ1) is 21.9. The van der Waals surface area contributed by atoms with Crippen LogP contribution < -0.4 is 19.1 Å². The molecular weight excluding hydrogens is 689 g/mol. The van der Waals surface area contributed by atoms with Crippen molar-refractivity contribution >= 4 is 63.9 Å². The number of halogens is 4. The zero-order valence-electron chi connectivity index (χ0n) is 24.2. The quantitative estimate of drug-likeness (QED) is 0.156. The summed E-state index contributed by atoms with van der Waals surface area (Å²) in [4.78, 5) is 42.9. The molecule has 0 unspecified atom stereocenters. The lowest BCUT2D eigenvalue weighted by atomic mass is 10.3. The number of pyridine rings is 1. The number of aliphatic carboxylic acids is 1. The second kappa shape index (κ2) is 16.1. The number of ether oxygens (including phenoxy) is 3. The van der Waals surface area contributed by atoms with Gasteiger partial charge in [-0.05, 0) is 73.6 Å². The van der Waals surface area contributed by atoms with Crippen molar-refractivity contribution in [3.05, 3.63) is 84.8 Å². The number of aromatic nitrogens is 3. The third kappa shape index (κ3) is 9.31. The van der Waals surface area contributed by atoms with Crippen LogP contribution in [0.4, 0.5) is 14.5 Å². The fraction of sp³-hybridized carbons (Fsp3) is 0.276. The summed E-state index contributed by atoms with van der Waals surface area (Å²) >= 11 is 13.8. The van der Waals surface area contributed by atoms with Gasteiger partial charge >= 0.3 is 16.8 Å². The Balaban J connectivity index is 0.000000212. The molecule has 46 heavy (non-hydrogen) atoms. The Labute approximate surface area is 279 Å². The van der Waals surface area contributed by atoms with Gasteiger partial charge in [-0.3, -0.25) is 14.3 Å². The van der Waals surface area contributed by atoms with Gasteiger partial charge in [-0.15, -0.1) is 11.8 Å². The van der Waals surface area contributed by atoms with E-state index in [1.165, 1.54) is 50.6 Å². The van der Waals surface area contributed by atoms with Gasteiger partial charge in [-0.1, -0.05) is 23.2 Å². The van der Waals surface area contributed by atoms with Crippen LogP contribution in [0, 0.1) is 11.6 Å². The van der Waals surface area contributed by atoms with Crippen LogP contribution in [-0.2, 0) is 27.4 Å². The zero-order valence-corrected chi connectivity index (χ0v) is 27.4. The van der Waals surface area contributed by atoms with E-state index in [9.17, 15) is 23.2 Å². The number of thioether (sulfide) groups is 1. The van der Waals surface area contributed by atoms with E-state index in [4.69, 9.17) is 37.8 Å². The molecule has 0 saturated carbocycles. The van der Waals surface area contributed by atoms with Crippen LogP contribution in [-0.4, -0.2) is 50.4 Å². The Hall–Kier alpha value is -3.92. The molecule has 1 N–H and O–H groups in total. The van der Waals surface area contributed by atoms with Crippen molar-refractivity contribution in [3.8, 4) is 17.4 Å². The minimum Gasteiger partial charge on any atom is -0.479 e. The number of fused-ring (bicyclic) bond motifs is 1. The average molecular weight is 716 g/mol. The first-order valence-electron chi connectivity index (χ1n) is 13.5. The molecule has 2 aromatic heterocycles. The van der Waals surface area contributed by atoms with Crippen LogP contribution >= 0.6 is 46.3 Å². The van der Waals surface area contributed by atoms with E-state index < -0.39 is 29.7 Å². The number of esters is 1. The number of benzene rings is 2. The number of carbonyl (C=O) groups is 2. The minimum atomic E-state index is -1.07. The molecule has 4 aromatic rings. The van der Waals surface area contributed by atoms with Gasteiger partial charge in [-0.2, -0.15) is 0 Å². The summed E-state index contributed by atoms with van der Waals surface area (Å²) < 4.78 is 46.2. The molecule has 0 aliphatic carbocycles. The van der Waals surface area contributed by atoms with Crippen molar-refractivity contribution in [2.45, 2.75) is 43.9 Å². The highest BCUT2D eigenvalue weighted by Gasteiger charge is 2.16. The topological polar surface area (TPSA) is 134 Å². The molecule has 0 spiro atoms. The molecule has 3 heterocycles. The molecule has 0 amide bonds. The molecule has 5 rings (SSSR count). The number of carboxylic acid groups (broad SMARTS) is 1. The van der Waals surface area contributed by atoms with Crippen molar-refractivity contribution in [2.75, 3.05) is 12.9 Å². The average Bonchev–Trinajstić information content (AvgIpc) is 3.35. The first-order valence-corrected chi connectivity index (χ1v) is 16.0. The molecule has 0 saturated heterocycles. The Morgan fingerprint density at radius 3 is 2.41 bits per heavy atom. The predicted molar refractivity (Wildman–Crippen MR) is 169 cm³/mol. The molecule has 244 valence electrons. The molecule has 0 bridgehead atoms. The lowest BCUT2D eigenvalue weighted by Crippen LogP contribution is -2.31. The number of carboxylic acids is 1. The van der Waals surface area contributed by atoms with E-state index in [2.05, 4.69) is 14.7 Å². The molecule has 0 radical (unpaired) electrons. The third-order valence-corrected chi connectivity index (χ3v) is 8.69. The molecule has 17 heteroatoms. The predicted octanol–water partition coefficient (Wildman–Crippen LogP) is 6.31. The molecule has 1 aliphatic rings. The Kier molecular flexibility index (Phi) is 12.2. The maximum absolute atomic E-state index is 14.3. The fourth-order valence-electron chi connectivity index (χ4n) is 3.86. The number of carbonyl (C=O) groups excluding carboxylic acids is 1. The highest BCUT2D eigenvalue weighted by Crippen LogP contribution is 2.33. The molecule has 1 atom stereocenters. The lowest BCUT2D eigenvalue weighted by Gasteiger charge is -2.15. The van der Waals surface area contributed by atoms with Gasteiger partial charge < -0.3 is 19.3 Å². The summed E-state index contributed by atoms with van der Waals surface area (Å²) in [5, 5.41) is 9.11. The summed E-state index contributed by atoms with van der Waals surface area (Å²) in [5.41, 5.74) is 0.0829. The van der Waals surface area contributed by atoms with Gasteiger partial charge in [0.2, 0.25) is 4.80 Å². The van der Waals surface area contributed by atoms with Crippen LogP contribution in [0.3, 0.4) is 0 Å². The third-order valence-electron chi connectivity index (χ3n) is 6.15. The lowest BCUT2D eigenvalue weighted by molar-refractivity contribution is -0.144. The van der Waals surface area contributed by atoms with E-state index in [0.717, 1.165) is 48.1 Å². The minimum absolute atomic E-state index is 0.0605. The second-order valence-corrected chi connectivity index (χ2v) is 12.2. The summed E-state index contributed by atoms with van der Waals surface area (Å²) in [6, 6.07) is 9.80. The van der Waals surface area contributed by atoms with Gasteiger partial charge in [0.15, 0.2) is 11.9 Å². The molecule has 2 aromatic carbocycles. The van der Waals surface area contributed by atoms with Crippen molar-refractivity contribution in [2.24, 2.45) is 4.99 Å². The molecule has 0 fully saturated rings. The number of hydrogen-bond acceptors (Lipinski definition) is 10. The number of methoxy groups -OCH3 is 1. The van der Waals surface area contributed by atoms with Crippen molar-refractivity contribution < 1.29 is 37.7 Å². The molecule has 11 nitrogen and oxygen atoms in total. The molecular formula is C29H26Cl2F2N4O7S2. The number of rotatable bonds is 9. The van der Waals surface area contributed by atoms with Crippen LogP contribution in [0.15, 0.2) is 63.3 Å². The number of hydrogen-bond donors (Lipinski definition) is 1. The first kappa shape index (κ1) is 34.9. The Bertz CT molecular complexity index is 1850. The van der Waals surface area contributed by atoms with Gasteiger partial charge in [0, 0.05) is 24.2 Å². The highest BCUT2D eigenvalue weighted by molar-refractivity contribution is 8.00. The SMILES string of the molecule is COC(=O)CSc1cc(/N=c2\sc(=O)n3n2CCCC3)c(F)cc1Cl.C[C@@H](Oc1ccc(Oc2ncc(Cl)cc2F)cc1)C(=O)O. The smallest absolute Gasteiger partial charge is 0.344 e. The van der Waals surface area contributed by atoms with E-state index in [-0.39, 0.29) is 32.2 Å². The monoisotopic (exact) mass is 714 g/mol. The fourth-order valence-corrected chi connectivity index (χ4v) is 5.99. The van der Waals surface area contributed by atoms with Crippen molar-refractivity contribution in [3.63, 3.8) is 0 Å². The van der Waals surface area contributed by atoms with Gasteiger partial charge in [0.05, 0.1) is 22.9 Å². The van der Waals surface area contributed by atoms with E-state index >= 15 is 0 Å². The van der Waals surface area contributed by atoms with Gasteiger partial charge in [-0.25, -0.2) is 28.2 Å².